The van der Waals surface area contributed by atoms with Crippen LogP contribution in [0.3, 0.4) is 0 Å². The first-order valence-electron chi connectivity index (χ1n) is 7.66. The fourth-order valence-corrected chi connectivity index (χ4v) is 3.03. The van der Waals surface area contributed by atoms with E-state index in [-0.39, 0.29) is 29.7 Å². The zero-order valence-corrected chi connectivity index (χ0v) is 13.3. The minimum absolute atomic E-state index is 0.0234. The molecule has 0 radical (unpaired) electrons. The average Bonchev–Trinajstić information content (AvgIpc) is 3.31. The number of esters is 1. The molecule has 0 atom stereocenters. The van der Waals surface area contributed by atoms with Gasteiger partial charge in [-0.25, -0.2) is 0 Å². The van der Waals surface area contributed by atoms with Crippen LogP contribution in [0.4, 0.5) is 5.69 Å². The minimum Gasteiger partial charge on any atom is -0.457 e. The summed E-state index contributed by atoms with van der Waals surface area (Å²) in [4.78, 5) is 25.7. The predicted molar refractivity (Wildman–Crippen MR) is 84.6 cm³/mol. The molecule has 0 unspecified atom stereocenters. The van der Waals surface area contributed by atoms with Gasteiger partial charge in [-0.1, -0.05) is 32.0 Å². The van der Waals surface area contributed by atoms with Crippen LogP contribution in [0.1, 0.15) is 32.3 Å². The molecule has 4 heteroatoms. The van der Waals surface area contributed by atoms with Crippen molar-refractivity contribution in [3.63, 3.8) is 0 Å². The Balaban J connectivity index is 1.76. The first-order chi connectivity index (χ1) is 10.4. The van der Waals surface area contributed by atoms with Crippen molar-refractivity contribution in [3.05, 3.63) is 41.6 Å². The molecule has 1 fully saturated rings. The molecule has 1 heterocycles. The molecule has 0 amide bonds. The number of rotatable bonds is 4. The summed E-state index contributed by atoms with van der Waals surface area (Å²) in [5, 5.41) is 0. The summed E-state index contributed by atoms with van der Waals surface area (Å²) in [7, 11) is 1.96. The van der Waals surface area contributed by atoms with E-state index in [1.54, 1.807) is 6.08 Å². The number of ketones is 1. The van der Waals surface area contributed by atoms with Crippen LogP contribution in [0.25, 0.3) is 0 Å². The van der Waals surface area contributed by atoms with Gasteiger partial charge in [-0.05, 0) is 24.5 Å². The van der Waals surface area contributed by atoms with Gasteiger partial charge in [0.05, 0.1) is 5.92 Å². The standard InChI is InChI=1S/C18H21NO3/c1-18(2)14-6-4-5-7-15(14)19(3)16(18)10-13(20)11-22-17(21)12-8-9-12/h4-7,10,12H,8-9,11H2,1-3H3/b16-10-. The molecule has 2 aliphatic rings. The smallest absolute Gasteiger partial charge is 0.309 e. The van der Waals surface area contributed by atoms with E-state index >= 15 is 0 Å². The predicted octanol–water partition coefficient (Wildman–Crippen LogP) is 2.82. The number of fused-ring (bicyclic) bond motifs is 1. The highest BCUT2D eigenvalue weighted by molar-refractivity contribution is 5.94. The van der Waals surface area contributed by atoms with Crippen LogP contribution in [-0.2, 0) is 19.7 Å². The Hall–Kier alpha value is -2.10. The fraction of sp³-hybridized carbons (Fsp3) is 0.444. The molecular formula is C18H21NO3. The molecule has 3 rings (SSSR count). The van der Waals surface area contributed by atoms with Crippen LogP contribution in [-0.4, -0.2) is 25.4 Å². The Morgan fingerprint density at radius 1 is 1.32 bits per heavy atom. The molecule has 22 heavy (non-hydrogen) atoms. The molecule has 0 aromatic heterocycles. The third-order valence-electron chi connectivity index (χ3n) is 4.51. The van der Waals surface area contributed by atoms with Crippen molar-refractivity contribution in [3.8, 4) is 0 Å². The molecule has 1 aromatic rings. The topological polar surface area (TPSA) is 46.6 Å². The second kappa shape index (κ2) is 5.27. The van der Waals surface area contributed by atoms with E-state index in [4.69, 9.17) is 4.74 Å². The molecule has 1 aliphatic heterocycles. The summed E-state index contributed by atoms with van der Waals surface area (Å²) in [6, 6.07) is 8.14. The molecule has 1 saturated carbocycles. The fourth-order valence-electron chi connectivity index (χ4n) is 3.03. The van der Waals surface area contributed by atoms with Gasteiger partial charge in [0.2, 0.25) is 0 Å². The molecule has 0 spiro atoms. The molecule has 0 bridgehead atoms. The van der Waals surface area contributed by atoms with Gasteiger partial charge in [-0.3, -0.25) is 9.59 Å². The number of allylic oxidation sites excluding steroid dienone is 1. The summed E-state index contributed by atoms with van der Waals surface area (Å²) < 4.78 is 5.07. The van der Waals surface area contributed by atoms with Crippen LogP contribution in [0, 0.1) is 5.92 Å². The number of nitrogens with zero attached hydrogens (tertiary/aromatic N) is 1. The van der Waals surface area contributed by atoms with Gasteiger partial charge in [0.15, 0.2) is 12.4 Å². The molecule has 116 valence electrons. The lowest BCUT2D eigenvalue weighted by atomic mass is 9.83. The van der Waals surface area contributed by atoms with Crippen LogP contribution < -0.4 is 4.90 Å². The normalized spacial score (nSPS) is 20.9. The number of anilines is 1. The Kier molecular flexibility index (Phi) is 3.55. The van der Waals surface area contributed by atoms with Crippen molar-refractivity contribution in [2.75, 3.05) is 18.6 Å². The van der Waals surface area contributed by atoms with Gasteiger partial charge in [0.25, 0.3) is 0 Å². The highest BCUT2D eigenvalue weighted by Crippen LogP contribution is 2.46. The number of hydrogen-bond donors (Lipinski definition) is 0. The maximum Gasteiger partial charge on any atom is 0.309 e. The van der Waals surface area contributed by atoms with E-state index in [2.05, 4.69) is 26.0 Å². The quantitative estimate of drug-likeness (QED) is 0.633. The number of carbonyl (C=O) groups excluding carboxylic acids is 2. The average molecular weight is 299 g/mol. The number of ether oxygens (including phenoxy) is 1. The van der Waals surface area contributed by atoms with Crippen molar-refractivity contribution in [1.82, 2.24) is 0 Å². The van der Waals surface area contributed by atoms with Crippen molar-refractivity contribution in [1.29, 1.82) is 0 Å². The van der Waals surface area contributed by atoms with Gasteiger partial charge in [-0.15, -0.1) is 0 Å². The SMILES string of the molecule is CN1/C(=C\C(=O)COC(=O)C2CC2)C(C)(C)c2ccccc21. The highest BCUT2D eigenvalue weighted by atomic mass is 16.5. The van der Waals surface area contributed by atoms with Crippen molar-refractivity contribution in [2.45, 2.75) is 32.1 Å². The van der Waals surface area contributed by atoms with Gasteiger partial charge in [0, 0.05) is 29.9 Å². The zero-order chi connectivity index (χ0) is 15.9. The molecule has 0 saturated heterocycles. The van der Waals surface area contributed by atoms with E-state index in [0.717, 1.165) is 24.2 Å². The maximum atomic E-state index is 12.2. The van der Waals surface area contributed by atoms with E-state index < -0.39 is 0 Å². The summed E-state index contributed by atoms with van der Waals surface area (Å²) >= 11 is 0. The highest BCUT2D eigenvalue weighted by Gasteiger charge is 2.38. The van der Waals surface area contributed by atoms with E-state index in [9.17, 15) is 9.59 Å². The Morgan fingerprint density at radius 3 is 2.64 bits per heavy atom. The number of hydrogen-bond acceptors (Lipinski definition) is 4. The Labute approximate surface area is 130 Å². The van der Waals surface area contributed by atoms with Crippen molar-refractivity contribution >= 4 is 17.4 Å². The Morgan fingerprint density at radius 2 is 2.00 bits per heavy atom. The van der Waals surface area contributed by atoms with E-state index in [0.29, 0.717) is 0 Å². The van der Waals surface area contributed by atoms with Gasteiger partial charge in [-0.2, -0.15) is 0 Å². The van der Waals surface area contributed by atoms with Gasteiger partial charge in [0.1, 0.15) is 0 Å². The van der Waals surface area contributed by atoms with Crippen molar-refractivity contribution < 1.29 is 14.3 Å². The second-order valence-electron chi connectivity index (χ2n) is 6.58. The van der Waals surface area contributed by atoms with E-state index in [1.807, 2.05) is 24.1 Å². The largest absolute Gasteiger partial charge is 0.457 e. The number of likely N-dealkylation sites (N-methyl/N-ethyl adjacent to an activating group) is 1. The number of para-hydroxylation sites is 1. The van der Waals surface area contributed by atoms with Crippen molar-refractivity contribution in [2.24, 2.45) is 5.92 Å². The first-order valence-corrected chi connectivity index (χ1v) is 7.66. The Bertz CT molecular complexity index is 656. The van der Waals surface area contributed by atoms with Gasteiger partial charge >= 0.3 is 5.97 Å². The lowest BCUT2D eigenvalue weighted by Gasteiger charge is -2.23. The third-order valence-corrected chi connectivity index (χ3v) is 4.51. The molecule has 1 aromatic carbocycles. The first kappa shape index (κ1) is 14.8. The summed E-state index contributed by atoms with van der Waals surface area (Å²) in [6.07, 6.45) is 3.39. The van der Waals surface area contributed by atoms with Crippen LogP contribution >= 0.6 is 0 Å². The molecule has 4 nitrogen and oxygen atoms in total. The third kappa shape index (κ3) is 2.54. The lowest BCUT2D eigenvalue weighted by Crippen LogP contribution is -2.25. The summed E-state index contributed by atoms with van der Waals surface area (Å²) in [5.41, 5.74) is 3.01. The molecule has 0 N–H and O–H groups in total. The maximum absolute atomic E-state index is 12.2. The van der Waals surface area contributed by atoms with Crippen LogP contribution in [0.2, 0.25) is 0 Å². The lowest BCUT2D eigenvalue weighted by molar-refractivity contribution is -0.148. The zero-order valence-electron chi connectivity index (χ0n) is 13.3. The molecular weight excluding hydrogens is 278 g/mol. The second-order valence-corrected chi connectivity index (χ2v) is 6.58. The molecule has 1 aliphatic carbocycles. The van der Waals surface area contributed by atoms with Crippen LogP contribution in [0.5, 0.6) is 0 Å². The van der Waals surface area contributed by atoms with Gasteiger partial charge < -0.3 is 9.64 Å². The summed E-state index contributed by atoms with van der Waals surface area (Å²) in [6.45, 7) is 4.04. The number of carbonyl (C=O) groups is 2. The van der Waals surface area contributed by atoms with E-state index in [1.165, 1.54) is 5.56 Å². The monoisotopic (exact) mass is 299 g/mol. The number of benzene rings is 1. The minimum atomic E-state index is -0.242. The van der Waals surface area contributed by atoms with Crippen LogP contribution in [0.15, 0.2) is 36.0 Å². The summed E-state index contributed by atoms with van der Waals surface area (Å²) in [5.74, 6) is -0.388.